The van der Waals surface area contributed by atoms with Crippen molar-refractivity contribution >= 4 is 17.6 Å². The van der Waals surface area contributed by atoms with E-state index in [1.165, 1.54) is 11.1 Å². The van der Waals surface area contributed by atoms with Crippen molar-refractivity contribution in [2.24, 2.45) is 4.99 Å². The second-order valence-electron chi connectivity index (χ2n) is 6.87. The Balaban J connectivity index is 1.52. The minimum Gasteiger partial charge on any atom is -0.352 e. The highest BCUT2D eigenvalue weighted by atomic mass is 16.2. The molecule has 1 aliphatic rings. The molecule has 0 atom stereocenters. The van der Waals surface area contributed by atoms with Crippen LogP contribution in [0.3, 0.4) is 0 Å². The molecule has 142 valence electrons. The SMILES string of the molecule is CN=C(NCc1ccc(N2CCCCC2=O)cc1)NCc1ccccc1C. The van der Waals surface area contributed by atoms with Crippen LogP contribution in [-0.2, 0) is 17.9 Å². The van der Waals surface area contributed by atoms with Gasteiger partial charge in [0.2, 0.25) is 5.91 Å². The summed E-state index contributed by atoms with van der Waals surface area (Å²) in [6.07, 6.45) is 2.75. The minimum atomic E-state index is 0.230. The fourth-order valence-electron chi connectivity index (χ4n) is 3.27. The standard InChI is InChI=1S/C22H28N4O/c1-17-7-3-4-8-19(17)16-25-22(23-2)24-15-18-10-12-20(13-11-18)26-14-6-5-9-21(26)27/h3-4,7-8,10-13H,5-6,9,14-16H2,1-2H3,(H2,23,24,25). The van der Waals surface area contributed by atoms with Gasteiger partial charge in [0.1, 0.15) is 0 Å². The third kappa shape index (κ3) is 5.09. The van der Waals surface area contributed by atoms with E-state index >= 15 is 0 Å². The molecule has 27 heavy (non-hydrogen) atoms. The Hall–Kier alpha value is -2.82. The number of hydrogen-bond donors (Lipinski definition) is 2. The summed E-state index contributed by atoms with van der Waals surface area (Å²) in [6, 6.07) is 16.5. The zero-order valence-electron chi connectivity index (χ0n) is 16.2. The van der Waals surface area contributed by atoms with Crippen LogP contribution in [0.15, 0.2) is 53.5 Å². The lowest BCUT2D eigenvalue weighted by atomic mass is 10.1. The number of piperidine rings is 1. The van der Waals surface area contributed by atoms with Gasteiger partial charge in [-0.25, -0.2) is 0 Å². The number of guanidine groups is 1. The number of aryl methyl sites for hydroxylation is 1. The van der Waals surface area contributed by atoms with Gasteiger partial charge < -0.3 is 15.5 Å². The van der Waals surface area contributed by atoms with Gasteiger partial charge in [-0.1, -0.05) is 36.4 Å². The number of anilines is 1. The van der Waals surface area contributed by atoms with Crippen LogP contribution in [0.2, 0.25) is 0 Å². The summed E-state index contributed by atoms with van der Waals surface area (Å²) in [4.78, 5) is 18.2. The number of nitrogens with one attached hydrogen (secondary N) is 2. The molecule has 0 unspecified atom stereocenters. The number of benzene rings is 2. The normalized spacial score (nSPS) is 15.0. The van der Waals surface area contributed by atoms with Crippen molar-refractivity contribution in [2.75, 3.05) is 18.5 Å². The van der Waals surface area contributed by atoms with Gasteiger partial charge in [-0.05, 0) is 48.6 Å². The average Bonchev–Trinajstić information content (AvgIpc) is 2.70. The first-order valence-electron chi connectivity index (χ1n) is 9.55. The molecule has 2 aromatic carbocycles. The molecule has 5 nitrogen and oxygen atoms in total. The number of nitrogens with zero attached hydrogens (tertiary/aromatic N) is 2. The molecule has 0 aliphatic carbocycles. The van der Waals surface area contributed by atoms with Crippen molar-refractivity contribution in [3.63, 3.8) is 0 Å². The number of carbonyl (C=O) groups excluding carboxylic acids is 1. The fourth-order valence-corrected chi connectivity index (χ4v) is 3.27. The summed E-state index contributed by atoms with van der Waals surface area (Å²) in [5.74, 6) is 1.00. The van der Waals surface area contributed by atoms with Crippen LogP contribution >= 0.6 is 0 Å². The predicted molar refractivity (Wildman–Crippen MR) is 111 cm³/mol. The molecular formula is C22H28N4O. The van der Waals surface area contributed by atoms with Crippen LogP contribution in [0, 0.1) is 6.92 Å². The molecule has 3 rings (SSSR count). The number of rotatable bonds is 5. The number of hydrogen-bond acceptors (Lipinski definition) is 2. The van der Waals surface area contributed by atoms with Gasteiger partial charge in [-0.3, -0.25) is 9.79 Å². The Labute approximate surface area is 161 Å². The van der Waals surface area contributed by atoms with Crippen molar-refractivity contribution < 1.29 is 4.79 Å². The summed E-state index contributed by atoms with van der Waals surface area (Å²) in [7, 11) is 1.78. The van der Waals surface area contributed by atoms with Crippen molar-refractivity contribution in [3.8, 4) is 0 Å². The van der Waals surface area contributed by atoms with E-state index in [1.807, 2.05) is 23.1 Å². The van der Waals surface area contributed by atoms with Gasteiger partial charge in [-0.2, -0.15) is 0 Å². The highest BCUT2D eigenvalue weighted by molar-refractivity contribution is 5.93. The van der Waals surface area contributed by atoms with Crippen LogP contribution in [0.25, 0.3) is 0 Å². The van der Waals surface area contributed by atoms with Crippen molar-refractivity contribution in [2.45, 2.75) is 39.3 Å². The van der Waals surface area contributed by atoms with Gasteiger partial charge in [-0.15, -0.1) is 0 Å². The zero-order chi connectivity index (χ0) is 19.1. The lowest BCUT2D eigenvalue weighted by Crippen LogP contribution is -2.36. The van der Waals surface area contributed by atoms with Crippen LogP contribution in [0.4, 0.5) is 5.69 Å². The summed E-state index contributed by atoms with van der Waals surface area (Å²) in [5.41, 5.74) is 4.67. The van der Waals surface area contributed by atoms with E-state index in [0.717, 1.165) is 43.1 Å². The molecule has 0 aromatic heterocycles. The molecular weight excluding hydrogens is 336 g/mol. The molecule has 2 aromatic rings. The van der Waals surface area contributed by atoms with E-state index in [1.54, 1.807) is 7.05 Å². The van der Waals surface area contributed by atoms with E-state index < -0.39 is 0 Å². The molecule has 2 N–H and O–H groups in total. The highest BCUT2D eigenvalue weighted by Gasteiger charge is 2.19. The maximum Gasteiger partial charge on any atom is 0.226 e. The number of aliphatic imine (C=N–C) groups is 1. The molecule has 1 aliphatic heterocycles. The predicted octanol–water partition coefficient (Wildman–Crippen LogP) is 3.38. The summed E-state index contributed by atoms with van der Waals surface area (Å²) in [5, 5.41) is 6.69. The fraction of sp³-hybridized carbons (Fsp3) is 0.364. The van der Waals surface area contributed by atoms with Crippen molar-refractivity contribution in [1.29, 1.82) is 0 Å². The molecule has 1 saturated heterocycles. The minimum absolute atomic E-state index is 0.230. The van der Waals surface area contributed by atoms with Gasteiger partial charge >= 0.3 is 0 Å². The lowest BCUT2D eigenvalue weighted by molar-refractivity contribution is -0.119. The molecule has 5 heteroatoms. The average molecular weight is 364 g/mol. The molecule has 0 bridgehead atoms. The molecule has 0 radical (unpaired) electrons. The van der Waals surface area contributed by atoms with Gasteiger partial charge in [0.25, 0.3) is 0 Å². The number of amides is 1. The van der Waals surface area contributed by atoms with Crippen molar-refractivity contribution in [3.05, 3.63) is 65.2 Å². The van der Waals surface area contributed by atoms with Gasteiger partial charge in [0.15, 0.2) is 5.96 Å². The molecule has 1 heterocycles. The van der Waals surface area contributed by atoms with E-state index in [0.29, 0.717) is 13.0 Å². The maximum atomic E-state index is 12.0. The second-order valence-corrected chi connectivity index (χ2v) is 6.87. The summed E-state index contributed by atoms with van der Waals surface area (Å²) < 4.78 is 0. The Kier molecular flexibility index (Phi) is 6.47. The van der Waals surface area contributed by atoms with Crippen LogP contribution in [0.1, 0.15) is 36.0 Å². The summed E-state index contributed by atoms with van der Waals surface area (Å²) >= 11 is 0. The maximum absolute atomic E-state index is 12.0. The third-order valence-electron chi connectivity index (χ3n) is 4.96. The Morgan fingerprint density at radius 3 is 2.48 bits per heavy atom. The second kappa shape index (κ2) is 9.21. The number of carbonyl (C=O) groups is 1. The molecule has 1 amide bonds. The Morgan fingerprint density at radius 2 is 1.78 bits per heavy atom. The third-order valence-corrected chi connectivity index (χ3v) is 4.96. The van der Waals surface area contributed by atoms with E-state index in [9.17, 15) is 4.79 Å². The molecule has 0 saturated carbocycles. The van der Waals surface area contributed by atoms with Gasteiger partial charge in [0, 0.05) is 38.8 Å². The zero-order valence-corrected chi connectivity index (χ0v) is 16.2. The highest BCUT2D eigenvalue weighted by Crippen LogP contribution is 2.21. The molecule has 1 fully saturated rings. The molecule has 0 spiro atoms. The topological polar surface area (TPSA) is 56.7 Å². The summed E-state index contributed by atoms with van der Waals surface area (Å²) in [6.45, 7) is 4.36. The van der Waals surface area contributed by atoms with Crippen LogP contribution in [0.5, 0.6) is 0 Å². The Morgan fingerprint density at radius 1 is 1.04 bits per heavy atom. The Bertz CT molecular complexity index is 798. The first kappa shape index (κ1) is 19.0. The van der Waals surface area contributed by atoms with E-state index in [2.05, 4.69) is 52.9 Å². The quantitative estimate of drug-likeness (QED) is 0.632. The first-order valence-corrected chi connectivity index (χ1v) is 9.55. The van der Waals surface area contributed by atoms with Crippen molar-refractivity contribution in [1.82, 2.24) is 10.6 Å². The van der Waals surface area contributed by atoms with Crippen LogP contribution < -0.4 is 15.5 Å². The lowest BCUT2D eigenvalue weighted by Gasteiger charge is -2.26. The largest absolute Gasteiger partial charge is 0.352 e. The first-order chi connectivity index (χ1) is 13.2. The van der Waals surface area contributed by atoms with Gasteiger partial charge in [0.05, 0.1) is 0 Å². The van der Waals surface area contributed by atoms with Crippen LogP contribution in [-0.4, -0.2) is 25.5 Å². The van der Waals surface area contributed by atoms with E-state index in [-0.39, 0.29) is 5.91 Å². The smallest absolute Gasteiger partial charge is 0.226 e. The van der Waals surface area contributed by atoms with E-state index in [4.69, 9.17) is 0 Å². The monoisotopic (exact) mass is 364 g/mol.